The third kappa shape index (κ3) is 3.46. The average molecular weight is 297 g/mol. The molecule has 1 aliphatic rings. The second-order valence-corrected chi connectivity index (χ2v) is 6.75. The number of hydrogen-bond donors (Lipinski definition) is 1. The quantitative estimate of drug-likeness (QED) is 0.924. The van der Waals surface area contributed by atoms with Gasteiger partial charge in [-0.15, -0.1) is 0 Å². The third-order valence-corrected chi connectivity index (χ3v) is 4.67. The number of nitrogens with zero attached hydrogens (tertiary/aromatic N) is 1. The number of rotatable bonds is 4. The standard InChI is InChI=1S/C16H25ClN2O/c1-16(2)6-8-19(9-7-16)14(11-18)12-4-5-15(20-3)13(17)10-12/h4-5,10,14H,6-9,11,18H2,1-3H3. The summed E-state index contributed by atoms with van der Waals surface area (Å²) in [5.74, 6) is 0.714. The third-order valence-electron chi connectivity index (χ3n) is 4.38. The van der Waals surface area contributed by atoms with Crippen LogP contribution in [0.1, 0.15) is 38.3 Å². The predicted molar refractivity (Wildman–Crippen MR) is 84.4 cm³/mol. The number of methoxy groups -OCH3 is 1. The second kappa shape index (κ2) is 6.33. The van der Waals surface area contributed by atoms with Crippen molar-refractivity contribution in [2.45, 2.75) is 32.7 Å². The van der Waals surface area contributed by atoms with Crippen LogP contribution in [0.3, 0.4) is 0 Å². The van der Waals surface area contributed by atoms with E-state index in [2.05, 4.69) is 24.8 Å². The summed E-state index contributed by atoms with van der Waals surface area (Å²) >= 11 is 6.23. The Labute approximate surface area is 127 Å². The largest absolute Gasteiger partial charge is 0.495 e. The first-order valence-electron chi connectivity index (χ1n) is 7.24. The van der Waals surface area contributed by atoms with Crippen LogP contribution in [0.15, 0.2) is 18.2 Å². The summed E-state index contributed by atoms with van der Waals surface area (Å²) in [7, 11) is 1.63. The Morgan fingerprint density at radius 1 is 1.35 bits per heavy atom. The molecular weight excluding hydrogens is 272 g/mol. The predicted octanol–water partition coefficient (Wildman–Crippen LogP) is 3.47. The van der Waals surface area contributed by atoms with Gasteiger partial charge in [-0.1, -0.05) is 31.5 Å². The van der Waals surface area contributed by atoms with Crippen LogP contribution in [-0.2, 0) is 0 Å². The van der Waals surface area contributed by atoms with E-state index in [4.69, 9.17) is 22.1 Å². The van der Waals surface area contributed by atoms with Crippen molar-refractivity contribution < 1.29 is 4.74 Å². The van der Waals surface area contributed by atoms with Gasteiger partial charge in [-0.05, 0) is 49.0 Å². The molecule has 0 amide bonds. The molecule has 0 spiro atoms. The van der Waals surface area contributed by atoms with E-state index >= 15 is 0 Å². The highest BCUT2D eigenvalue weighted by Crippen LogP contribution is 2.35. The monoisotopic (exact) mass is 296 g/mol. The zero-order chi connectivity index (χ0) is 14.8. The Bertz CT molecular complexity index is 452. The van der Waals surface area contributed by atoms with Crippen LogP contribution in [0.25, 0.3) is 0 Å². The zero-order valence-corrected chi connectivity index (χ0v) is 13.4. The summed E-state index contributed by atoms with van der Waals surface area (Å²) in [6, 6.07) is 6.22. The van der Waals surface area contributed by atoms with Crippen LogP contribution in [0.2, 0.25) is 5.02 Å². The number of likely N-dealkylation sites (tertiary alicyclic amines) is 1. The average Bonchev–Trinajstić information content (AvgIpc) is 2.41. The van der Waals surface area contributed by atoms with Gasteiger partial charge in [-0.25, -0.2) is 0 Å². The molecule has 1 aromatic carbocycles. The Morgan fingerprint density at radius 2 is 2.00 bits per heavy atom. The van der Waals surface area contributed by atoms with Crippen LogP contribution in [-0.4, -0.2) is 31.6 Å². The van der Waals surface area contributed by atoms with Gasteiger partial charge in [0.05, 0.1) is 12.1 Å². The number of hydrogen-bond acceptors (Lipinski definition) is 3. The van der Waals surface area contributed by atoms with Crippen molar-refractivity contribution >= 4 is 11.6 Å². The molecule has 1 unspecified atom stereocenters. The van der Waals surface area contributed by atoms with Crippen LogP contribution in [0, 0.1) is 5.41 Å². The minimum atomic E-state index is 0.245. The number of halogens is 1. The van der Waals surface area contributed by atoms with Gasteiger partial charge in [-0.2, -0.15) is 0 Å². The molecule has 1 fully saturated rings. The van der Waals surface area contributed by atoms with Crippen LogP contribution >= 0.6 is 11.6 Å². The van der Waals surface area contributed by atoms with Crippen molar-refractivity contribution in [3.8, 4) is 5.75 Å². The van der Waals surface area contributed by atoms with E-state index in [1.807, 2.05) is 12.1 Å². The Kier molecular flexibility index (Phi) is 4.95. The normalized spacial score (nSPS) is 20.6. The molecule has 4 heteroatoms. The van der Waals surface area contributed by atoms with E-state index < -0.39 is 0 Å². The van der Waals surface area contributed by atoms with Crippen LogP contribution in [0.4, 0.5) is 0 Å². The summed E-state index contributed by atoms with van der Waals surface area (Å²) in [4.78, 5) is 2.48. The van der Waals surface area contributed by atoms with Crippen molar-refractivity contribution in [2.24, 2.45) is 11.1 Å². The van der Waals surface area contributed by atoms with Crippen LogP contribution < -0.4 is 10.5 Å². The van der Waals surface area contributed by atoms with Gasteiger partial charge in [-0.3, -0.25) is 4.90 Å². The first-order chi connectivity index (χ1) is 9.46. The maximum absolute atomic E-state index is 6.23. The maximum atomic E-state index is 6.23. The van der Waals surface area contributed by atoms with Crippen LogP contribution in [0.5, 0.6) is 5.75 Å². The smallest absolute Gasteiger partial charge is 0.137 e. The lowest BCUT2D eigenvalue weighted by Gasteiger charge is -2.41. The molecule has 0 radical (unpaired) electrons. The van der Waals surface area contributed by atoms with Crippen molar-refractivity contribution in [1.29, 1.82) is 0 Å². The Balaban J connectivity index is 2.14. The van der Waals surface area contributed by atoms with E-state index in [-0.39, 0.29) is 6.04 Å². The van der Waals surface area contributed by atoms with Gasteiger partial charge >= 0.3 is 0 Å². The van der Waals surface area contributed by atoms with Crippen molar-refractivity contribution in [3.05, 3.63) is 28.8 Å². The molecule has 0 bridgehead atoms. The van der Waals surface area contributed by atoms with Gasteiger partial charge in [0.2, 0.25) is 0 Å². The van der Waals surface area contributed by atoms with Gasteiger partial charge < -0.3 is 10.5 Å². The van der Waals surface area contributed by atoms with E-state index in [1.54, 1.807) is 7.11 Å². The van der Waals surface area contributed by atoms with Gasteiger partial charge in [0.25, 0.3) is 0 Å². The Hall–Kier alpha value is -0.770. The summed E-state index contributed by atoms with van der Waals surface area (Å²) in [5.41, 5.74) is 7.64. The van der Waals surface area contributed by atoms with Gasteiger partial charge in [0.1, 0.15) is 5.75 Å². The van der Waals surface area contributed by atoms with Crippen molar-refractivity contribution in [2.75, 3.05) is 26.7 Å². The van der Waals surface area contributed by atoms with E-state index in [9.17, 15) is 0 Å². The molecule has 1 saturated heterocycles. The lowest BCUT2D eigenvalue weighted by atomic mass is 9.82. The number of nitrogens with two attached hydrogens (primary N) is 1. The molecule has 0 aromatic heterocycles. The highest BCUT2D eigenvalue weighted by atomic mass is 35.5. The second-order valence-electron chi connectivity index (χ2n) is 6.35. The molecule has 1 aromatic rings. The number of ether oxygens (including phenoxy) is 1. The fraction of sp³-hybridized carbons (Fsp3) is 0.625. The van der Waals surface area contributed by atoms with Crippen molar-refractivity contribution in [1.82, 2.24) is 4.90 Å². The SMILES string of the molecule is COc1ccc(C(CN)N2CCC(C)(C)CC2)cc1Cl. The number of benzene rings is 1. The topological polar surface area (TPSA) is 38.5 Å². The summed E-state index contributed by atoms with van der Waals surface area (Å²) < 4.78 is 5.21. The van der Waals surface area contributed by atoms with Gasteiger partial charge in [0.15, 0.2) is 0 Å². The first-order valence-corrected chi connectivity index (χ1v) is 7.62. The molecule has 3 nitrogen and oxygen atoms in total. The molecule has 112 valence electrons. The number of piperidine rings is 1. The highest BCUT2D eigenvalue weighted by Gasteiger charge is 2.29. The molecule has 1 heterocycles. The molecule has 0 aliphatic carbocycles. The zero-order valence-electron chi connectivity index (χ0n) is 12.7. The van der Waals surface area contributed by atoms with E-state index in [0.717, 1.165) is 13.1 Å². The fourth-order valence-corrected chi connectivity index (χ4v) is 3.09. The fourth-order valence-electron chi connectivity index (χ4n) is 2.83. The van der Waals surface area contributed by atoms with E-state index in [0.29, 0.717) is 22.7 Å². The first kappa shape index (κ1) is 15.6. The summed E-state index contributed by atoms with van der Waals surface area (Å²) in [5, 5.41) is 0.654. The summed E-state index contributed by atoms with van der Waals surface area (Å²) in [6.07, 6.45) is 2.43. The molecule has 1 aliphatic heterocycles. The molecule has 2 rings (SSSR count). The molecule has 0 saturated carbocycles. The lowest BCUT2D eigenvalue weighted by molar-refractivity contribution is 0.0964. The molecule has 2 N–H and O–H groups in total. The molecule has 1 atom stereocenters. The molecule has 20 heavy (non-hydrogen) atoms. The highest BCUT2D eigenvalue weighted by molar-refractivity contribution is 6.32. The minimum Gasteiger partial charge on any atom is -0.495 e. The van der Waals surface area contributed by atoms with Gasteiger partial charge in [0, 0.05) is 12.6 Å². The summed E-state index contributed by atoms with van der Waals surface area (Å²) in [6.45, 7) is 7.48. The minimum absolute atomic E-state index is 0.245. The Morgan fingerprint density at radius 3 is 2.50 bits per heavy atom. The molecular formula is C16H25ClN2O. The lowest BCUT2D eigenvalue weighted by Crippen LogP contribution is -2.42. The van der Waals surface area contributed by atoms with Crippen molar-refractivity contribution in [3.63, 3.8) is 0 Å². The maximum Gasteiger partial charge on any atom is 0.137 e. The van der Waals surface area contributed by atoms with E-state index in [1.165, 1.54) is 18.4 Å².